The fourth-order valence-electron chi connectivity index (χ4n) is 1.77. The Labute approximate surface area is 119 Å². The van der Waals surface area contributed by atoms with E-state index in [0.717, 1.165) is 12.1 Å². The van der Waals surface area contributed by atoms with Crippen LogP contribution in [-0.2, 0) is 7.05 Å². The zero-order chi connectivity index (χ0) is 15.6. The summed E-state index contributed by atoms with van der Waals surface area (Å²) in [5.41, 5.74) is 0.826. The number of halogens is 1. The highest BCUT2D eigenvalue weighted by atomic mass is 19.1. The van der Waals surface area contributed by atoms with Crippen LogP contribution in [0.15, 0.2) is 24.4 Å². The molecule has 0 aliphatic heterocycles. The smallest absolute Gasteiger partial charge is 0.338 e. The lowest BCUT2D eigenvalue weighted by Gasteiger charge is -2.07. The summed E-state index contributed by atoms with van der Waals surface area (Å²) in [6.45, 7) is 1.73. The summed E-state index contributed by atoms with van der Waals surface area (Å²) in [4.78, 5) is 22.6. The minimum Gasteiger partial charge on any atom is -0.478 e. The van der Waals surface area contributed by atoms with E-state index in [4.69, 9.17) is 5.11 Å². The molecule has 1 aromatic carbocycles. The summed E-state index contributed by atoms with van der Waals surface area (Å²) in [5.74, 6) is -2.27. The maximum atomic E-state index is 13.2. The molecule has 0 fully saturated rings. The van der Waals surface area contributed by atoms with Crippen molar-refractivity contribution < 1.29 is 19.1 Å². The van der Waals surface area contributed by atoms with Crippen LogP contribution in [0.4, 0.5) is 20.6 Å². The second kappa shape index (κ2) is 5.61. The summed E-state index contributed by atoms with van der Waals surface area (Å²) in [6.07, 6.45) is 1.63. The molecule has 8 heteroatoms. The van der Waals surface area contributed by atoms with Gasteiger partial charge in [0.05, 0.1) is 16.9 Å². The van der Waals surface area contributed by atoms with Crippen LogP contribution in [0.2, 0.25) is 0 Å². The summed E-state index contributed by atoms with van der Waals surface area (Å²) >= 11 is 0. The second-order valence-corrected chi connectivity index (χ2v) is 4.38. The molecule has 0 saturated carbocycles. The lowest BCUT2D eigenvalue weighted by molar-refractivity contribution is 0.0692. The van der Waals surface area contributed by atoms with Crippen LogP contribution < -0.4 is 10.6 Å². The number of nitrogens with one attached hydrogen (secondary N) is 2. The van der Waals surface area contributed by atoms with Crippen LogP contribution >= 0.6 is 0 Å². The largest absolute Gasteiger partial charge is 0.478 e. The van der Waals surface area contributed by atoms with Crippen molar-refractivity contribution in [3.8, 4) is 0 Å². The molecule has 0 spiro atoms. The van der Waals surface area contributed by atoms with Gasteiger partial charge in [-0.3, -0.25) is 4.68 Å². The van der Waals surface area contributed by atoms with E-state index in [2.05, 4.69) is 15.7 Å². The van der Waals surface area contributed by atoms with E-state index in [9.17, 15) is 14.0 Å². The molecule has 21 heavy (non-hydrogen) atoms. The number of benzene rings is 1. The maximum absolute atomic E-state index is 13.2. The number of carbonyl (C=O) groups excluding carboxylic acids is 1. The SMILES string of the molecule is Cc1nn(C)cc1NC(=O)Nc1ccc(F)c(C(=O)O)c1. The first-order valence-corrected chi connectivity index (χ1v) is 5.98. The Morgan fingerprint density at radius 2 is 2.05 bits per heavy atom. The van der Waals surface area contributed by atoms with Gasteiger partial charge >= 0.3 is 12.0 Å². The standard InChI is InChI=1S/C13H13FN4O3/c1-7-11(6-18(2)17-7)16-13(21)15-8-3-4-10(14)9(5-8)12(19)20/h3-6H,1-2H3,(H,19,20)(H2,15,16,21). The predicted molar refractivity (Wildman–Crippen MR) is 73.9 cm³/mol. The Morgan fingerprint density at radius 3 is 2.62 bits per heavy atom. The van der Waals surface area contributed by atoms with Gasteiger partial charge in [0.15, 0.2) is 0 Å². The van der Waals surface area contributed by atoms with Crippen molar-refractivity contribution in [3.05, 3.63) is 41.5 Å². The number of amides is 2. The molecule has 0 aliphatic rings. The Hall–Kier alpha value is -2.90. The van der Waals surface area contributed by atoms with Gasteiger partial charge in [-0.25, -0.2) is 14.0 Å². The van der Waals surface area contributed by atoms with E-state index in [1.165, 1.54) is 6.07 Å². The van der Waals surface area contributed by atoms with Crippen LogP contribution in [0.3, 0.4) is 0 Å². The lowest BCUT2D eigenvalue weighted by atomic mass is 10.2. The Morgan fingerprint density at radius 1 is 1.33 bits per heavy atom. The van der Waals surface area contributed by atoms with Gasteiger partial charge in [0.1, 0.15) is 5.82 Å². The van der Waals surface area contributed by atoms with Crippen LogP contribution in [-0.4, -0.2) is 26.9 Å². The van der Waals surface area contributed by atoms with Gasteiger partial charge < -0.3 is 15.7 Å². The number of aromatic nitrogens is 2. The van der Waals surface area contributed by atoms with Crippen LogP contribution in [0, 0.1) is 12.7 Å². The van der Waals surface area contributed by atoms with E-state index >= 15 is 0 Å². The number of carboxylic acid groups (broad SMARTS) is 1. The topological polar surface area (TPSA) is 96.3 Å². The number of nitrogens with zero attached hydrogens (tertiary/aromatic N) is 2. The molecule has 3 N–H and O–H groups in total. The Kier molecular flexibility index (Phi) is 3.88. The fraction of sp³-hybridized carbons (Fsp3) is 0.154. The number of hydrogen-bond acceptors (Lipinski definition) is 3. The monoisotopic (exact) mass is 292 g/mol. The second-order valence-electron chi connectivity index (χ2n) is 4.38. The molecule has 110 valence electrons. The number of rotatable bonds is 3. The van der Waals surface area contributed by atoms with Gasteiger partial charge in [0.2, 0.25) is 0 Å². The molecule has 0 radical (unpaired) electrons. The Balaban J connectivity index is 2.11. The van der Waals surface area contributed by atoms with Gasteiger partial charge in [0, 0.05) is 18.9 Å². The molecule has 1 aromatic heterocycles. The first-order valence-electron chi connectivity index (χ1n) is 5.98. The fourth-order valence-corrected chi connectivity index (χ4v) is 1.77. The van der Waals surface area contributed by atoms with Crippen molar-refractivity contribution in [2.24, 2.45) is 7.05 Å². The van der Waals surface area contributed by atoms with Crippen LogP contribution in [0.1, 0.15) is 16.1 Å². The van der Waals surface area contributed by atoms with Crippen molar-refractivity contribution in [2.75, 3.05) is 10.6 Å². The van der Waals surface area contributed by atoms with E-state index in [-0.39, 0.29) is 5.69 Å². The average Bonchev–Trinajstić information content (AvgIpc) is 2.69. The van der Waals surface area contributed by atoms with Crippen molar-refractivity contribution in [2.45, 2.75) is 6.92 Å². The summed E-state index contributed by atoms with van der Waals surface area (Å²) in [6, 6.07) is 2.73. The molecular weight excluding hydrogens is 279 g/mol. The first-order chi connectivity index (χ1) is 9.86. The molecule has 7 nitrogen and oxygen atoms in total. The number of aryl methyl sites for hydroxylation is 2. The number of aromatic carboxylic acids is 1. The average molecular weight is 292 g/mol. The molecule has 0 aliphatic carbocycles. The third kappa shape index (κ3) is 3.35. The minimum absolute atomic E-state index is 0.174. The number of hydrogen-bond donors (Lipinski definition) is 3. The molecule has 0 atom stereocenters. The molecule has 2 aromatic rings. The van der Waals surface area contributed by atoms with E-state index in [1.807, 2.05) is 0 Å². The molecular formula is C13H13FN4O3. The van der Waals surface area contributed by atoms with Crippen LogP contribution in [0.5, 0.6) is 0 Å². The molecule has 0 unspecified atom stereocenters. The number of urea groups is 1. The van der Waals surface area contributed by atoms with Gasteiger partial charge in [-0.15, -0.1) is 0 Å². The molecule has 2 rings (SSSR count). The number of carboxylic acids is 1. The van der Waals surface area contributed by atoms with Crippen molar-refractivity contribution in [1.29, 1.82) is 0 Å². The summed E-state index contributed by atoms with van der Waals surface area (Å²) in [7, 11) is 1.72. The molecule has 0 bridgehead atoms. The highest BCUT2D eigenvalue weighted by Crippen LogP contribution is 2.16. The van der Waals surface area contributed by atoms with E-state index < -0.39 is 23.4 Å². The van der Waals surface area contributed by atoms with E-state index in [0.29, 0.717) is 11.4 Å². The number of carbonyl (C=O) groups is 2. The van der Waals surface area contributed by atoms with Gasteiger partial charge in [0.25, 0.3) is 0 Å². The molecule has 1 heterocycles. The van der Waals surface area contributed by atoms with Crippen molar-refractivity contribution >= 4 is 23.4 Å². The zero-order valence-electron chi connectivity index (χ0n) is 11.3. The highest BCUT2D eigenvalue weighted by Gasteiger charge is 2.13. The van der Waals surface area contributed by atoms with Gasteiger partial charge in [-0.1, -0.05) is 0 Å². The minimum atomic E-state index is -1.40. The lowest BCUT2D eigenvalue weighted by Crippen LogP contribution is -2.20. The van der Waals surface area contributed by atoms with Gasteiger partial charge in [-0.05, 0) is 25.1 Å². The summed E-state index contributed by atoms with van der Waals surface area (Å²) in [5, 5.41) is 17.9. The molecule has 2 amide bonds. The number of anilines is 2. The van der Waals surface area contributed by atoms with Gasteiger partial charge in [-0.2, -0.15) is 5.10 Å². The predicted octanol–water partition coefficient (Wildman–Crippen LogP) is 2.21. The van der Waals surface area contributed by atoms with E-state index in [1.54, 1.807) is 24.9 Å². The van der Waals surface area contributed by atoms with Crippen LogP contribution in [0.25, 0.3) is 0 Å². The summed E-state index contributed by atoms with van der Waals surface area (Å²) < 4.78 is 14.8. The molecule has 0 saturated heterocycles. The normalized spacial score (nSPS) is 10.2. The van der Waals surface area contributed by atoms with Crippen molar-refractivity contribution in [1.82, 2.24) is 9.78 Å². The Bertz CT molecular complexity index is 711. The zero-order valence-corrected chi connectivity index (χ0v) is 11.3. The van der Waals surface area contributed by atoms with Crippen molar-refractivity contribution in [3.63, 3.8) is 0 Å². The third-order valence-corrected chi connectivity index (χ3v) is 2.72. The quantitative estimate of drug-likeness (QED) is 0.808. The highest BCUT2D eigenvalue weighted by molar-refractivity contribution is 6.00. The third-order valence-electron chi connectivity index (χ3n) is 2.72. The first kappa shape index (κ1) is 14.5. The maximum Gasteiger partial charge on any atom is 0.338 e.